The van der Waals surface area contributed by atoms with Gasteiger partial charge in [0.1, 0.15) is 0 Å². The van der Waals surface area contributed by atoms with Gasteiger partial charge < -0.3 is 13.7 Å². The van der Waals surface area contributed by atoms with Crippen LogP contribution in [0.2, 0.25) is 0 Å². The highest BCUT2D eigenvalue weighted by molar-refractivity contribution is 6.32. The van der Waals surface area contributed by atoms with Crippen LogP contribution in [0.4, 0.5) is 0 Å². The number of rotatable bonds is 4. The molecule has 0 fully saturated rings. The Labute approximate surface area is 339 Å². The van der Waals surface area contributed by atoms with Crippen molar-refractivity contribution in [3.8, 4) is 28.2 Å². The van der Waals surface area contributed by atoms with Crippen molar-refractivity contribution in [1.29, 1.82) is 0 Å². The van der Waals surface area contributed by atoms with Gasteiger partial charge in [0.15, 0.2) is 0 Å². The Bertz CT molecular complexity index is 3770. The minimum atomic E-state index is 1.14. The molecule has 0 radical (unpaired) electrons. The zero-order chi connectivity index (χ0) is 38.6. The number of nitrogens with zero attached hydrogens (tertiary/aromatic N) is 3. The topological polar surface area (TPSA) is 14.8 Å². The van der Waals surface area contributed by atoms with E-state index in [2.05, 4.69) is 226 Å². The predicted molar refractivity (Wildman–Crippen MR) is 250 cm³/mol. The van der Waals surface area contributed by atoms with Gasteiger partial charge in [0.2, 0.25) is 0 Å². The Morgan fingerprint density at radius 1 is 0.220 bits per heavy atom. The third-order valence-electron chi connectivity index (χ3n) is 12.6. The van der Waals surface area contributed by atoms with Crippen molar-refractivity contribution < 1.29 is 0 Å². The first-order valence-corrected chi connectivity index (χ1v) is 20.4. The number of benzene rings is 10. The summed E-state index contributed by atoms with van der Waals surface area (Å²) in [5.74, 6) is 0. The van der Waals surface area contributed by atoms with E-state index in [0.29, 0.717) is 0 Å². The smallest absolute Gasteiger partial charge is 0.0547 e. The molecule has 10 aromatic carbocycles. The van der Waals surface area contributed by atoms with Crippen LogP contribution in [0.5, 0.6) is 0 Å². The first-order valence-electron chi connectivity index (χ1n) is 20.4. The van der Waals surface area contributed by atoms with Gasteiger partial charge in [0.25, 0.3) is 0 Å². The molecule has 0 amide bonds. The average molecular weight is 750 g/mol. The minimum absolute atomic E-state index is 1.14. The molecule has 0 saturated heterocycles. The maximum absolute atomic E-state index is 2.46. The summed E-state index contributed by atoms with van der Waals surface area (Å²) in [6.07, 6.45) is 0. The molecule has 13 rings (SSSR count). The molecule has 0 spiro atoms. The van der Waals surface area contributed by atoms with E-state index < -0.39 is 0 Å². The van der Waals surface area contributed by atoms with Gasteiger partial charge in [-0.25, -0.2) is 0 Å². The van der Waals surface area contributed by atoms with Crippen molar-refractivity contribution in [2.24, 2.45) is 0 Å². The molecule has 0 atom stereocenters. The van der Waals surface area contributed by atoms with Crippen LogP contribution in [0.1, 0.15) is 0 Å². The molecule has 13 aromatic rings. The number of hydrogen-bond donors (Lipinski definition) is 0. The highest BCUT2D eigenvalue weighted by Crippen LogP contribution is 2.44. The number of aromatic nitrogens is 3. The molecule has 3 aromatic heterocycles. The molecule has 0 N–H and O–H groups in total. The summed E-state index contributed by atoms with van der Waals surface area (Å²) in [4.78, 5) is 0. The fourth-order valence-electron chi connectivity index (χ4n) is 10.1. The first kappa shape index (κ1) is 32.2. The average Bonchev–Trinajstić information content (AvgIpc) is 3.95. The molecule has 3 nitrogen and oxygen atoms in total. The van der Waals surface area contributed by atoms with Gasteiger partial charge in [0, 0.05) is 49.4 Å². The lowest BCUT2D eigenvalue weighted by Gasteiger charge is -2.13. The standard InChI is InChI=1S/C56H35N3/c1-2-13-36(14-3-1)37-25-29-39(30-26-37)57-51-24-11-7-20-47(51)56-53(57)33-28-38-27-31-45-44(54(38)56)32-34-52-55(45)46-19-6-10-23-50(46)59(52)41-16-12-15-40(35-41)58-48-21-8-4-17-42(48)43-18-5-9-22-49(43)58/h1-35H. The first-order chi connectivity index (χ1) is 29.3. The molecule has 0 bridgehead atoms. The summed E-state index contributed by atoms with van der Waals surface area (Å²) in [7, 11) is 0. The van der Waals surface area contributed by atoms with Crippen LogP contribution < -0.4 is 0 Å². The van der Waals surface area contributed by atoms with Crippen LogP contribution in [-0.2, 0) is 0 Å². The molecule has 3 heteroatoms. The van der Waals surface area contributed by atoms with Gasteiger partial charge in [-0.2, -0.15) is 0 Å². The van der Waals surface area contributed by atoms with E-state index in [9.17, 15) is 0 Å². The normalized spacial score (nSPS) is 12.1. The monoisotopic (exact) mass is 749 g/mol. The lowest BCUT2D eigenvalue weighted by Crippen LogP contribution is -1.98. The zero-order valence-electron chi connectivity index (χ0n) is 32.0. The van der Waals surface area contributed by atoms with Crippen molar-refractivity contribution in [3.05, 3.63) is 212 Å². The maximum Gasteiger partial charge on any atom is 0.0547 e. The highest BCUT2D eigenvalue weighted by atomic mass is 15.0. The molecule has 274 valence electrons. The molecule has 0 saturated carbocycles. The van der Waals surface area contributed by atoms with E-state index >= 15 is 0 Å². The van der Waals surface area contributed by atoms with Crippen molar-refractivity contribution in [1.82, 2.24) is 13.7 Å². The summed E-state index contributed by atoms with van der Waals surface area (Å²) in [5, 5.41) is 12.7. The van der Waals surface area contributed by atoms with E-state index in [-0.39, 0.29) is 0 Å². The SMILES string of the molecule is c1ccc(-c2ccc(-n3c4ccccc4c4c5c(ccc6c5ccc5c6c6ccccc6n5-c5cccc(-n6c7ccccc7c7ccccc76)c5)ccc43)cc2)cc1. The van der Waals surface area contributed by atoms with Crippen LogP contribution >= 0.6 is 0 Å². The fourth-order valence-corrected chi connectivity index (χ4v) is 10.1. The van der Waals surface area contributed by atoms with Crippen LogP contribution in [0, 0.1) is 0 Å². The summed E-state index contributed by atoms with van der Waals surface area (Å²) in [5.41, 5.74) is 13.1. The van der Waals surface area contributed by atoms with E-state index in [1.807, 2.05) is 0 Å². The number of fused-ring (bicyclic) bond motifs is 14. The van der Waals surface area contributed by atoms with Gasteiger partial charge in [0.05, 0.1) is 33.1 Å². The molecule has 0 aliphatic carbocycles. The Balaban J connectivity index is 1.05. The summed E-state index contributed by atoms with van der Waals surface area (Å²) in [6.45, 7) is 0. The van der Waals surface area contributed by atoms with Gasteiger partial charge in [-0.3, -0.25) is 0 Å². The van der Waals surface area contributed by atoms with Crippen molar-refractivity contribution in [2.45, 2.75) is 0 Å². The van der Waals surface area contributed by atoms with Crippen molar-refractivity contribution in [3.63, 3.8) is 0 Å². The lowest BCUT2D eigenvalue weighted by molar-refractivity contribution is 1.13. The minimum Gasteiger partial charge on any atom is -0.309 e. The van der Waals surface area contributed by atoms with Crippen LogP contribution in [0.3, 0.4) is 0 Å². The third-order valence-corrected chi connectivity index (χ3v) is 12.6. The second-order valence-corrected chi connectivity index (χ2v) is 15.7. The van der Waals surface area contributed by atoms with E-state index in [4.69, 9.17) is 0 Å². The van der Waals surface area contributed by atoms with Crippen molar-refractivity contribution in [2.75, 3.05) is 0 Å². The Kier molecular flexibility index (Phi) is 6.72. The van der Waals surface area contributed by atoms with E-state index in [1.54, 1.807) is 0 Å². The number of hydrogen-bond acceptors (Lipinski definition) is 0. The Morgan fingerprint density at radius 3 is 1.32 bits per heavy atom. The van der Waals surface area contributed by atoms with E-state index in [0.717, 1.165) is 17.1 Å². The zero-order valence-corrected chi connectivity index (χ0v) is 32.0. The predicted octanol–water partition coefficient (Wildman–Crippen LogP) is 15.0. The van der Waals surface area contributed by atoms with Crippen LogP contribution in [0.15, 0.2) is 212 Å². The van der Waals surface area contributed by atoms with Crippen molar-refractivity contribution >= 4 is 87.0 Å². The highest BCUT2D eigenvalue weighted by Gasteiger charge is 2.20. The summed E-state index contributed by atoms with van der Waals surface area (Å²) < 4.78 is 7.30. The molecular weight excluding hydrogens is 715 g/mol. The van der Waals surface area contributed by atoms with Gasteiger partial charge >= 0.3 is 0 Å². The maximum atomic E-state index is 2.46. The molecule has 0 aliphatic heterocycles. The van der Waals surface area contributed by atoms with Crippen LogP contribution in [-0.4, -0.2) is 13.7 Å². The summed E-state index contributed by atoms with van der Waals surface area (Å²) in [6, 6.07) is 77.9. The summed E-state index contributed by atoms with van der Waals surface area (Å²) >= 11 is 0. The van der Waals surface area contributed by atoms with Gasteiger partial charge in [-0.05, 0) is 99.4 Å². The molecule has 59 heavy (non-hydrogen) atoms. The second kappa shape index (κ2) is 12.3. The fraction of sp³-hybridized carbons (Fsp3) is 0. The van der Waals surface area contributed by atoms with Gasteiger partial charge in [-0.15, -0.1) is 0 Å². The molecule has 0 aliphatic rings. The van der Waals surface area contributed by atoms with Gasteiger partial charge in [-0.1, -0.05) is 146 Å². The largest absolute Gasteiger partial charge is 0.309 e. The second-order valence-electron chi connectivity index (χ2n) is 15.7. The number of para-hydroxylation sites is 4. The van der Waals surface area contributed by atoms with Crippen LogP contribution in [0.25, 0.3) is 115 Å². The molecule has 3 heterocycles. The Morgan fingerprint density at radius 2 is 0.661 bits per heavy atom. The Hall–Kier alpha value is -7.88. The molecule has 0 unspecified atom stereocenters. The van der Waals surface area contributed by atoms with E-state index in [1.165, 1.54) is 98.1 Å². The quantitative estimate of drug-likeness (QED) is 0.159. The molecular formula is C56H35N3. The third kappa shape index (κ3) is 4.58. The lowest BCUT2D eigenvalue weighted by atomic mass is 9.95.